The number of furan rings is 1. The monoisotopic (exact) mass is 275 g/mol. The molecule has 0 spiro atoms. The molecule has 1 aromatic heterocycles. The molecule has 0 saturated heterocycles. The van der Waals surface area contributed by atoms with Crippen LogP contribution in [-0.2, 0) is 13.0 Å². The molecule has 0 fully saturated rings. The van der Waals surface area contributed by atoms with E-state index in [1.165, 1.54) is 5.56 Å². The van der Waals surface area contributed by atoms with Crippen LogP contribution >= 0.6 is 0 Å². The fourth-order valence-electron chi connectivity index (χ4n) is 1.91. The average molecular weight is 275 g/mol. The minimum absolute atomic E-state index is 0.597. The molecule has 2 rings (SSSR count). The molecule has 108 valence electrons. The van der Waals surface area contributed by atoms with E-state index in [0.29, 0.717) is 6.61 Å². The third kappa shape index (κ3) is 4.03. The molecule has 20 heavy (non-hydrogen) atoms. The maximum atomic E-state index is 5.74. The van der Waals surface area contributed by atoms with E-state index in [4.69, 9.17) is 13.9 Å². The van der Waals surface area contributed by atoms with E-state index in [2.05, 4.69) is 18.3 Å². The molecule has 0 atom stereocenters. The fraction of sp³-hybridized carbons (Fsp3) is 0.375. The quantitative estimate of drug-likeness (QED) is 0.752. The summed E-state index contributed by atoms with van der Waals surface area (Å²) in [5, 5.41) is 3.29. The minimum Gasteiger partial charge on any atom is -0.493 e. The van der Waals surface area contributed by atoms with Gasteiger partial charge < -0.3 is 19.2 Å². The van der Waals surface area contributed by atoms with E-state index < -0.39 is 0 Å². The zero-order valence-corrected chi connectivity index (χ0v) is 12.0. The van der Waals surface area contributed by atoms with Crippen LogP contribution in [0.3, 0.4) is 0 Å². The van der Waals surface area contributed by atoms with Gasteiger partial charge in [-0.15, -0.1) is 0 Å². The first kappa shape index (κ1) is 14.5. The van der Waals surface area contributed by atoms with Gasteiger partial charge >= 0.3 is 0 Å². The van der Waals surface area contributed by atoms with E-state index in [1.807, 2.05) is 18.2 Å². The molecule has 4 heteroatoms. The Kier molecular flexibility index (Phi) is 5.50. The molecule has 1 heterocycles. The first-order chi connectivity index (χ1) is 9.83. The Labute approximate surface area is 119 Å². The summed E-state index contributed by atoms with van der Waals surface area (Å²) in [5.41, 5.74) is 2.38. The number of aryl methyl sites for hydroxylation is 1. The van der Waals surface area contributed by atoms with Gasteiger partial charge in [-0.25, -0.2) is 0 Å². The number of hydrogen-bond donors (Lipinski definition) is 1. The average Bonchev–Trinajstić information content (AvgIpc) is 3.00. The maximum Gasteiger partial charge on any atom is 0.161 e. The van der Waals surface area contributed by atoms with Gasteiger partial charge in [-0.2, -0.15) is 0 Å². The van der Waals surface area contributed by atoms with Crippen molar-refractivity contribution in [2.45, 2.75) is 19.9 Å². The first-order valence-corrected chi connectivity index (χ1v) is 6.85. The summed E-state index contributed by atoms with van der Waals surface area (Å²) in [6, 6.07) is 8.00. The molecule has 1 N–H and O–H groups in total. The lowest BCUT2D eigenvalue weighted by atomic mass is 10.1. The summed E-state index contributed by atoms with van der Waals surface area (Å²) in [5.74, 6) is 1.58. The molecule has 0 bridgehead atoms. The molecule has 0 saturated carbocycles. The topological polar surface area (TPSA) is 43.6 Å². The summed E-state index contributed by atoms with van der Waals surface area (Å²) in [4.78, 5) is 0. The fourth-order valence-corrected chi connectivity index (χ4v) is 1.91. The Balaban J connectivity index is 1.76. The number of hydrogen-bond acceptors (Lipinski definition) is 4. The van der Waals surface area contributed by atoms with Gasteiger partial charge in [-0.05, 0) is 30.2 Å². The van der Waals surface area contributed by atoms with Crippen molar-refractivity contribution in [1.82, 2.24) is 5.32 Å². The lowest BCUT2D eigenvalue weighted by Gasteiger charge is -2.12. The number of rotatable bonds is 8. The van der Waals surface area contributed by atoms with Crippen LogP contribution in [0.1, 0.15) is 18.1 Å². The van der Waals surface area contributed by atoms with E-state index in [9.17, 15) is 0 Å². The summed E-state index contributed by atoms with van der Waals surface area (Å²) >= 11 is 0. The Hall–Kier alpha value is -1.94. The summed E-state index contributed by atoms with van der Waals surface area (Å²) in [6.45, 7) is 4.27. The van der Waals surface area contributed by atoms with Crippen LogP contribution < -0.4 is 14.8 Å². The number of nitrogens with one attached hydrogen (secondary N) is 1. The van der Waals surface area contributed by atoms with Gasteiger partial charge in [0.1, 0.15) is 6.61 Å². The van der Waals surface area contributed by atoms with Gasteiger partial charge in [0.2, 0.25) is 0 Å². The van der Waals surface area contributed by atoms with E-state index in [-0.39, 0.29) is 0 Å². The van der Waals surface area contributed by atoms with Gasteiger partial charge in [0.05, 0.1) is 19.6 Å². The third-order valence-electron chi connectivity index (χ3n) is 3.08. The van der Waals surface area contributed by atoms with Gasteiger partial charge in [-0.1, -0.05) is 13.0 Å². The molecular weight excluding hydrogens is 254 g/mol. The van der Waals surface area contributed by atoms with Crippen molar-refractivity contribution < 1.29 is 13.9 Å². The van der Waals surface area contributed by atoms with Crippen LogP contribution in [0.4, 0.5) is 0 Å². The summed E-state index contributed by atoms with van der Waals surface area (Å²) in [6.07, 6.45) is 4.40. The Bertz CT molecular complexity index is 508. The standard InChI is InChI=1S/C16H21NO3/c1-3-13-4-5-15(16(10-13)18-2)20-9-7-17-11-14-6-8-19-12-14/h4-6,8,10,12,17H,3,7,9,11H2,1-2H3. The van der Waals surface area contributed by atoms with E-state index in [1.54, 1.807) is 19.6 Å². The lowest BCUT2D eigenvalue weighted by molar-refractivity contribution is 0.292. The molecular formula is C16H21NO3. The highest BCUT2D eigenvalue weighted by Gasteiger charge is 2.04. The molecule has 0 aliphatic rings. The summed E-state index contributed by atoms with van der Waals surface area (Å²) < 4.78 is 16.1. The van der Waals surface area contributed by atoms with Crippen molar-refractivity contribution in [2.75, 3.05) is 20.3 Å². The van der Waals surface area contributed by atoms with Crippen molar-refractivity contribution in [2.24, 2.45) is 0 Å². The van der Waals surface area contributed by atoms with Crippen molar-refractivity contribution in [1.29, 1.82) is 0 Å². The second-order valence-corrected chi connectivity index (χ2v) is 4.50. The van der Waals surface area contributed by atoms with Crippen LogP contribution in [0.15, 0.2) is 41.2 Å². The van der Waals surface area contributed by atoms with Gasteiger partial charge in [-0.3, -0.25) is 0 Å². The normalized spacial score (nSPS) is 10.5. The van der Waals surface area contributed by atoms with Crippen molar-refractivity contribution >= 4 is 0 Å². The molecule has 4 nitrogen and oxygen atoms in total. The van der Waals surface area contributed by atoms with E-state index in [0.717, 1.165) is 36.6 Å². The summed E-state index contributed by atoms with van der Waals surface area (Å²) in [7, 11) is 1.67. The number of ether oxygens (including phenoxy) is 2. The molecule has 0 aliphatic carbocycles. The largest absolute Gasteiger partial charge is 0.493 e. The Morgan fingerprint density at radius 3 is 2.75 bits per heavy atom. The maximum absolute atomic E-state index is 5.74. The van der Waals surface area contributed by atoms with E-state index >= 15 is 0 Å². The highest BCUT2D eigenvalue weighted by Crippen LogP contribution is 2.28. The number of benzene rings is 1. The molecule has 0 radical (unpaired) electrons. The van der Waals surface area contributed by atoms with Gasteiger partial charge in [0.15, 0.2) is 11.5 Å². The molecule has 0 aliphatic heterocycles. The zero-order valence-electron chi connectivity index (χ0n) is 12.0. The number of methoxy groups -OCH3 is 1. The molecule has 0 unspecified atom stereocenters. The smallest absolute Gasteiger partial charge is 0.161 e. The van der Waals surface area contributed by atoms with Gasteiger partial charge in [0, 0.05) is 18.7 Å². The highest BCUT2D eigenvalue weighted by molar-refractivity contribution is 5.42. The van der Waals surface area contributed by atoms with Crippen molar-refractivity contribution in [3.8, 4) is 11.5 Å². The molecule has 1 aromatic carbocycles. The van der Waals surface area contributed by atoms with Crippen LogP contribution in [0, 0.1) is 0 Å². The Morgan fingerprint density at radius 2 is 2.05 bits per heavy atom. The Morgan fingerprint density at radius 1 is 1.15 bits per heavy atom. The minimum atomic E-state index is 0.597. The third-order valence-corrected chi connectivity index (χ3v) is 3.08. The first-order valence-electron chi connectivity index (χ1n) is 6.85. The molecule has 2 aromatic rings. The van der Waals surface area contributed by atoms with Crippen LogP contribution in [-0.4, -0.2) is 20.3 Å². The predicted molar refractivity (Wildman–Crippen MR) is 78.3 cm³/mol. The van der Waals surface area contributed by atoms with Crippen molar-refractivity contribution in [3.05, 3.63) is 47.9 Å². The van der Waals surface area contributed by atoms with Crippen LogP contribution in [0.5, 0.6) is 11.5 Å². The molecule has 0 amide bonds. The van der Waals surface area contributed by atoms with Gasteiger partial charge in [0.25, 0.3) is 0 Å². The second-order valence-electron chi connectivity index (χ2n) is 4.50. The predicted octanol–water partition coefficient (Wildman–Crippen LogP) is 3.02. The second kappa shape index (κ2) is 7.60. The van der Waals surface area contributed by atoms with Crippen LogP contribution in [0.25, 0.3) is 0 Å². The van der Waals surface area contributed by atoms with Crippen molar-refractivity contribution in [3.63, 3.8) is 0 Å². The zero-order chi connectivity index (χ0) is 14.2. The lowest BCUT2D eigenvalue weighted by Crippen LogP contribution is -2.20. The highest BCUT2D eigenvalue weighted by atomic mass is 16.5. The van der Waals surface area contributed by atoms with Crippen LogP contribution in [0.2, 0.25) is 0 Å². The SMILES string of the molecule is CCc1ccc(OCCNCc2ccoc2)c(OC)c1.